The summed E-state index contributed by atoms with van der Waals surface area (Å²) in [5.41, 5.74) is 5.52. The van der Waals surface area contributed by atoms with Gasteiger partial charge < -0.3 is 9.47 Å². The van der Waals surface area contributed by atoms with Gasteiger partial charge in [-0.15, -0.1) is 0 Å². The summed E-state index contributed by atoms with van der Waals surface area (Å²) in [6.07, 6.45) is 2.37. The highest BCUT2D eigenvalue weighted by Crippen LogP contribution is 2.58. The fourth-order valence-corrected chi connectivity index (χ4v) is 4.04. The summed E-state index contributed by atoms with van der Waals surface area (Å²) in [5, 5.41) is 4.17. The smallest absolute Gasteiger partial charge is 0.244 e. The van der Waals surface area contributed by atoms with Gasteiger partial charge in [-0.2, -0.15) is 5.10 Å². The van der Waals surface area contributed by atoms with Crippen LogP contribution in [0.15, 0.2) is 84.0 Å². The molecular formula is C25H24N2O3. The number of nitrogens with zero attached hydrogens (tertiary/aromatic N) is 1. The predicted octanol–water partition coefficient (Wildman–Crippen LogP) is 4.16. The monoisotopic (exact) mass is 400 g/mol. The van der Waals surface area contributed by atoms with Gasteiger partial charge in [0.15, 0.2) is 11.5 Å². The first-order valence-corrected chi connectivity index (χ1v) is 9.85. The molecule has 1 unspecified atom stereocenters. The molecule has 1 aliphatic rings. The number of benzene rings is 3. The molecule has 4 rings (SSSR count). The van der Waals surface area contributed by atoms with Gasteiger partial charge in [0.1, 0.15) is 0 Å². The van der Waals surface area contributed by atoms with E-state index < -0.39 is 0 Å². The van der Waals surface area contributed by atoms with Crippen molar-refractivity contribution in [3.63, 3.8) is 0 Å². The minimum atomic E-state index is -0.300. The van der Waals surface area contributed by atoms with E-state index in [-0.39, 0.29) is 17.2 Å². The number of rotatable bonds is 7. The molecule has 1 amide bonds. The number of nitrogens with one attached hydrogen (secondary N) is 1. The molecule has 1 saturated carbocycles. The van der Waals surface area contributed by atoms with E-state index in [4.69, 9.17) is 9.47 Å². The number of hydrogen-bond acceptors (Lipinski definition) is 4. The van der Waals surface area contributed by atoms with Crippen LogP contribution in [0.5, 0.6) is 11.5 Å². The Balaban J connectivity index is 1.51. The van der Waals surface area contributed by atoms with Gasteiger partial charge in [0, 0.05) is 5.41 Å². The molecule has 0 spiro atoms. The maximum atomic E-state index is 12.9. The summed E-state index contributed by atoms with van der Waals surface area (Å²) in [6, 6.07) is 25.9. The lowest BCUT2D eigenvalue weighted by Crippen LogP contribution is -2.25. The van der Waals surface area contributed by atoms with Gasteiger partial charge in [0.2, 0.25) is 5.91 Å². The molecule has 1 N–H and O–H groups in total. The minimum absolute atomic E-state index is 0.0839. The second kappa shape index (κ2) is 8.41. The lowest BCUT2D eigenvalue weighted by molar-refractivity contribution is -0.122. The number of amides is 1. The van der Waals surface area contributed by atoms with Crippen molar-refractivity contribution < 1.29 is 14.3 Å². The third-order valence-electron chi connectivity index (χ3n) is 5.65. The lowest BCUT2D eigenvalue weighted by Gasteiger charge is -2.18. The molecule has 5 heteroatoms. The van der Waals surface area contributed by atoms with E-state index in [1.807, 2.05) is 48.5 Å². The van der Waals surface area contributed by atoms with Crippen LogP contribution >= 0.6 is 0 Å². The summed E-state index contributed by atoms with van der Waals surface area (Å²) in [5.74, 6) is 1.01. The SMILES string of the molecule is COc1ccc(C=NNC(=O)C2CC2(c2ccccc2)c2ccccc2)cc1OC. The third-order valence-corrected chi connectivity index (χ3v) is 5.65. The molecule has 1 atom stereocenters. The second-order valence-corrected chi connectivity index (χ2v) is 7.31. The summed E-state index contributed by atoms with van der Waals surface area (Å²) < 4.78 is 10.5. The fourth-order valence-electron chi connectivity index (χ4n) is 4.04. The van der Waals surface area contributed by atoms with Crippen molar-refractivity contribution in [2.45, 2.75) is 11.8 Å². The highest BCUT2D eigenvalue weighted by atomic mass is 16.5. The molecule has 0 heterocycles. The molecule has 0 saturated heterocycles. The molecule has 3 aromatic rings. The van der Waals surface area contributed by atoms with Crippen LogP contribution in [-0.4, -0.2) is 26.3 Å². The second-order valence-electron chi connectivity index (χ2n) is 7.31. The first-order chi connectivity index (χ1) is 14.7. The Morgan fingerprint density at radius 2 is 1.53 bits per heavy atom. The zero-order chi connectivity index (χ0) is 21.0. The van der Waals surface area contributed by atoms with E-state index in [2.05, 4.69) is 34.8 Å². The molecule has 1 fully saturated rings. The Labute approximate surface area is 176 Å². The van der Waals surface area contributed by atoms with E-state index in [1.54, 1.807) is 26.5 Å². The fraction of sp³-hybridized carbons (Fsp3) is 0.200. The van der Waals surface area contributed by atoms with Crippen LogP contribution in [0.2, 0.25) is 0 Å². The van der Waals surface area contributed by atoms with Gasteiger partial charge in [-0.1, -0.05) is 60.7 Å². The number of hydrazone groups is 1. The molecule has 0 aromatic heterocycles. The molecule has 0 bridgehead atoms. The van der Waals surface area contributed by atoms with Crippen LogP contribution in [0, 0.1) is 5.92 Å². The van der Waals surface area contributed by atoms with Crippen LogP contribution in [0.3, 0.4) is 0 Å². The summed E-state index contributed by atoms with van der Waals surface area (Å²) in [7, 11) is 3.17. The zero-order valence-corrected chi connectivity index (χ0v) is 17.0. The largest absolute Gasteiger partial charge is 0.493 e. The van der Waals surface area contributed by atoms with Crippen molar-refractivity contribution in [3.05, 3.63) is 95.6 Å². The van der Waals surface area contributed by atoms with Crippen LogP contribution in [0.4, 0.5) is 0 Å². The zero-order valence-electron chi connectivity index (χ0n) is 17.0. The Kier molecular flexibility index (Phi) is 5.53. The number of methoxy groups -OCH3 is 2. The summed E-state index contributed by atoms with van der Waals surface area (Å²) >= 11 is 0. The molecule has 152 valence electrons. The van der Waals surface area contributed by atoms with E-state index in [0.29, 0.717) is 11.5 Å². The Morgan fingerprint density at radius 3 is 2.10 bits per heavy atom. The van der Waals surface area contributed by atoms with Gasteiger partial charge in [0.25, 0.3) is 0 Å². The van der Waals surface area contributed by atoms with Gasteiger partial charge in [-0.05, 0) is 41.3 Å². The van der Waals surface area contributed by atoms with Crippen LogP contribution < -0.4 is 14.9 Å². The van der Waals surface area contributed by atoms with E-state index in [1.165, 1.54) is 0 Å². The molecule has 1 aliphatic carbocycles. The van der Waals surface area contributed by atoms with Gasteiger partial charge in [0.05, 0.1) is 26.4 Å². The summed E-state index contributed by atoms with van der Waals surface area (Å²) in [6.45, 7) is 0. The third kappa shape index (κ3) is 3.66. The Bertz CT molecular complexity index is 1010. The van der Waals surface area contributed by atoms with E-state index in [0.717, 1.165) is 23.1 Å². The van der Waals surface area contributed by atoms with Gasteiger partial charge in [-0.25, -0.2) is 5.43 Å². The van der Waals surface area contributed by atoms with Gasteiger partial charge in [-0.3, -0.25) is 4.79 Å². The Hall–Kier alpha value is -3.60. The topological polar surface area (TPSA) is 59.9 Å². The highest BCUT2D eigenvalue weighted by molar-refractivity contribution is 5.88. The highest BCUT2D eigenvalue weighted by Gasteiger charge is 2.60. The van der Waals surface area contributed by atoms with E-state index >= 15 is 0 Å². The van der Waals surface area contributed by atoms with Crippen molar-refractivity contribution in [3.8, 4) is 11.5 Å². The standard InChI is InChI=1S/C25H24N2O3/c1-29-22-14-13-18(15-23(22)30-2)17-26-27-24(28)21-16-25(21,19-9-5-3-6-10-19)20-11-7-4-8-12-20/h3-15,17,21H,16H2,1-2H3,(H,27,28). The first kappa shape index (κ1) is 19.7. The molecule has 0 aliphatic heterocycles. The maximum Gasteiger partial charge on any atom is 0.244 e. The number of ether oxygens (including phenoxy) is 2. The maximum absolute atomic E-state index is 12.9. The normalized spacial score (nSPS) is 16.8. The van der Waals surface area contributed by atoms with Crippen molar-refractivity contribution >= 4 is 12.1 Å². The molecule has 5 nitrogen and oxygen atoms in total. The van der Waals surface area contributed by atoms with Gasteiger partial charge >= 0.3 is 0 Å². The average molecular weight is 400 g/mol. The van der Waals surface area contributed by atoms with Crippen molar-refractivity contribution in [2.75, 3.05) is 14.2 Å². The first-order valence-electron chi connectivity index (χ1n) is 9.85. The molecule has 0 radical (unpaired) electrons. The lowest BCUT2D eigenvalue weighted by atomic mass is 9.85. The van der Waals surface area contributed by atoms with Crippen LogP contribution in [0.1, 0.15) is 23.1 Å². The Morgan fingerprint density at radius 1 is 0.933 bits per heavy atom. The van der Waals surface area contributed by atoms with E-state index in [9.17, 15) is 4.79 Å². The minimum Gasteiger partial charge on any atom is -0.493 e. The molecular weight excluding hydrogens is 376 g/mol. The molecule has 30 heavy (non-hydrogen) atoms. The van der Waals surface area contributed by atoms with Crippen molar-refractivity contribution in [2.24, 2.45) is 11.0 Å². The quantitative estimate of drug-likeness (QED) is 0.479. The number of hydrogen-bond donors (Lipinski definition) is 1. The average Bonchev–Trinajstić information content (AvgIpc) is 3.57. The molecule has 3 aromatic carbocycles. The van der Waals surface area contributed by atoms with Crippen molar-refractivity contribution in [1.82, 2.24) is 5.43 Å². The predicted molar refractivity (Wildman–Crippen MR) is 117 cm³/mol. The van der Waals surface area contributed by atoms with Crippen LogP contribution in [-0.2, 0) is 10.2 Å². The number of carbonyl (C=O) groups excluding carboxylic acids is 1. The number of carbonyl (C=O) groups is 1. The van der Waals surface area contributed by atoms with Crippen molar-refractivity contribution in [1.29, 1.82) is 0 Å². The summed E-state index contributed by atoms with van der Waals surface area (Å²) in [4.78, 5) is 12.9. The van der Waals surface area contributed by atoms with Crippen LogP contribution in [0.25, 0.3) is 0 Å².